The number of hydrogen-bond donors (Lipinski definition) is 5. The molecule has 2 aromatic carbocycles. The molecule has 0 aromatic heterocycles. The molecule has 1 saturated carbocycles. The molecular weight excluding hydrogens is 476 g/mol. The average Bonchev–Trinajstić information content (AvgIpc) is 2.81. The first kappa shape index (κ1) is 26.6. The highest BCUT2D eigenvalue weighted by Gasteiger charge is 2.23. The smallest absolute Gasteiger partial charge is 0.341 e. The Kier molecular flexibility index (Phi) is 9.19. The number of phenols is 1. The molecule has 5 N–H and O–H groups in total. The number of carboxylic acid groups (broad SMARTS) is 1. The van der Waals surface area contributed by atoms with Crippen LogP contribution in [0, 0.1) is 0 Å². The van der Waals surface area contributed by atoms with Crippen LogP contribution in [0.15, 0.2) is 42.5 Å². The summed E-state index contributed by atoms with van der Waals surface area (Å²) in [6.07, 6.45) is 4.17. The number of benzene rings is 2. The predicted molar refractivity (Wildman–Crippen MR) is 131 cm³/mol. The zero-order valence-corrected chi connectivity index (χ0v) is 20.3. The number of aliphatic carboxylic acids is 1. The van der Waals surface area contributed by atoms with E-state index >= 15 is 0 Å². The molecule has 2 aromatic rings. The third-order valence-electron chi connectivity index (χ3n) is 5.79. The molecular formula is C24H32N2O8S. The Morgan fingerprint density at radius 1 is 1.06 bits per heavy atom. The number of aliphatic hydroxyl groups excluding tert-OH is 1. The van der Waals surface area contributed by atoms with Crippen LogP contribution in [-0.2, 0) is 14.8 Å². The van der Waals surface area contributed by atoms with Gasteiger partial charge in [0, 0.05) is 18.7 Å². The van der Waals surface area contributed by atoms with Crippen molar-refractivity contribution in [1.82, 2.24) is 5.32 Å². The summed E-state index contributed by atoms with van der Waals surface area (Å²) in [4.78, 5) is 10.6. The van der Waals surface area contributed by atoms with Gasteiger partial charge >= 0.3 is 5.97 Å². The van der Waals surface area contributed by atoms with Gasteiger partial charge in [0.05, 0.1) is 11.9 Å². The Labute approximate surface area is 204 Å². The van der Waals surface area contributed by atoms with Crippen molar-refractivity contribution in [2.75, 3.05) is 30.7 Å². The summed E-state index contributed by atoms with van der Waals surface area (Å²) < 4.78 is 35.7. The van der Waals surface area contributed by atoms with Crippen molar-refractivity contribution >= 4 is 21.7 Å². The largest absolute Gasteiger partial charge is 0.506 e. The second kappa shape index (κ2) is 12.1. The van der Waals surface area contributed by atoms with Crippen LogP contribution in [0.5, 0.6) is 17.2 Å². The second-order valence-corrected chi connectivity index (χ2v) is 10.5. The monoisotopic (exact) mass is 508 g/mol. The lowest BCUT2D eigenvalue weighted by atomic mass is 9.81. The molecule has 192 valence electrons. The van der Waals surface area contributed by atoms with Gasteiger partial charge in [-0.2, -0.15) is 0 Å². The van der Waals surface area contributed by atoms with Crippen LogP contribution in [0.1, 0.15) is 37.2 Å². The minimum Gasteiger partial charge on any atom is -0.506 e. The zero-order valence-electron chi connectivity index (χ0n) is 19.5. The molecule has 0 bridgehead atoms. The molecule has 0 spiro atoms. The third kappa shape index (κ3) is 8.93. The van der Waals surface area contributed by atoms with Crippen LogP contribution >= 0.6 is 0 Å². The normalized spacial score (nSPS) is 19.0. The number of hydrogen-bond acceptors (Lipinski definition) is 8. The maximum atomic E-state index is 11.4. The molecule has 0 aliphatic heterocycles. The molecule has 0 heterocycles. The highest BCUT2D eigenvalue weighted by molar-refractivity contribution is 7.92. The van der Waals surface area contributed by atoms with E-state index in [4.69, 9.17) is 14.6 Å². The van der Waals surface area contributed by atoms with Gasteiger partial charge in [-0.3, -0.25) is 4.72 Å². The first-order valence-corrected chi connectivity index (χ1v) is 13.3. The van der Waals surface area contributed by atoms with Gasteiger partial charge in [-0.25, -0.2) is 13.2 Å². The van der Waals surface area contributed by atoms with Crippen molar-refractivity contribution in [3.63, 3.8) is 0 Å². The fourth-order valence-corrected chi connectivity index (χ4v) is 4.62. The van der Waals surface area contributed by atoms with Gasteiger partial charge in [-0.05, 0) is 61.4 Å². The lowest BCUT2D eigenvalue weighted by Gasteiger charge is -2.30. The van der Waals surface area contributed by atoms with Crippen LogP contribution in [-0.4, -0.2) is 67.9 Å². The van der Waals surface area contributed by atoms with Crippen LogP contribution in [0.25, 0.3) is 0 Å². The number of phenolic OH excluding ortho intramolecular Hbond substituents is 1. The minimum atomic E-state index is -3.55. The second-order valence-electron chi connectivity index (χ2n) is 8.73. The molecule has 0 amide bonds. The number of aliphatic hydroxyl groups is 1. The molecule has 0 radical (unpaired) electrons. The van der Waals surface area contributed by atoms with Gasteiger partial charge < -0.3 is 30.1 Å². The average molecular weight is 509 g/mol. The van der Waals surface area contributed by atoms with E-state index in [1.54, 1.807) is 12.1 Å². The Morgan fingerprint density at radius 2 is 1.71 bits per heavy atom. The number of sulfonamides is 1. The van der Waals surface area contributed by atoms with Crippen LogP contribution in [0.2, 0.25) is 0 Å². The molecule has 11 heteroatoms. The van der Waals surface area contributed by atoms with Gasteiger partial charge in [0.25, 0.3) is 0 Å². The molecule has 1 fully saturated rings. The molecule has 1 aliphatic rings. The Balaban J connectivity index is 1.38. The summed E-state index contributed by atoms with van der Waals surface area (Å²) in [6, 6.07) is 12.0. The summed E-state index contributed by atoms with van der Waals surface area (Å²) in [5.74, 6) is 0.0703. The minimum absolute atomic E-state index is 0.0109. The standard InChI is InChI=1S/C24H32N2O8S/c1-35(31,32)26-22-12-21(10-11-23(22)28)33-14-19(27)13-25-18-6-2-16(3-7-18)17-4-8-20(9-5-17)34-15-24(29)30/h4-5,8-12,16,18-19,25-28H,2-3,6-7,13-15H2,1H3,(H,29,30). The number of aromatic hydroxyl groups is 1. The summed E-state index contributed by atoms with van der Waals surface area (Å²) in [5, 5.41) is 32.1. The Hall–Kier alpha value is -3.02. The molecule has 1 unspecified atom stereocenters. The van der Waals surface area contributed by atoms with Gasteiger partial charge in [0.15, 0.2) is 6.61 Å². The van der Waals surface area contributed by atoms with E-state index in [0.29, 0.717) is 30.0 Å². The Morgan fingerprint density at radius 3 is 2.34 bits per heavy atom. The van der Waals surface area contributed by atoms with Crippen LogP contribution < -0.4 is 19.5 Å². The fourth-order valence-electron chi connectivity index (χ4n) is 4.05. The Bertz CT molecular complexity index is 1080. The highest BCUT2D eigenvalue weighted by Crippen LogP contribution is 2.33. The van der Waals surface area contributed by atoms with Crippen LogP contribution in [0.3, 0.4) is 0 Å². The van der Waals surface area contributed by atoms with E-state index in [1.165, 1.54) is 23.8 Å². The van der Waals surface area contributed by atoms with Crippen molar-refractivity contribution in [1.29, 1.82) is 0 Å². The molecule has 0 saturated heterocycles. The summed E-state index contributed by atoms with van der Waals surface area (Å²) >= 11 is 0. The zero-order chi connectivity index (χ0) is 25.4. The lowest BCUT2D eigenvalue weighted by molar-refractivity contribution is -0.139. The first-order chi connectivity index (χ1) is 16.6. The number of rotatable bonds is 12. The van der Waals surface area contributed by atoms with Crippen LogP contribution in [0.4, 0.5) is 5.69 Å². The van der Waals surface area contributed by atoms with E-state index in [-0.39, 0.29) is 24.7 Å². The van der Waals surface area contributed by atoms with E-state index in [2.05, 4.69) is 10.0 Å². The third-order valence-corrected chi connectivity index (χ3v) is 6.38. The maximum absolute atomic E-state index is 11.4. The highest BCUT2D eigenvalue weighted by atomic mass is 32.2. The quantitative estimate of drug-likeness (QED) is 0.272. The van der Waals surface area contributed by atoms with Crippen molar-refractivity contribution in [3.8, 4) is 17.2 Å². The summed E-state index contributed by atoms with van der Waals surface area (Å²) in [6.45, 7) is 0.0165. The summed E-state index contributed by atoms with van der Waals surface area (Å²) in [5.41, 5.74) is 1.22. The topological polar surface area (TPSA) is 154 Å². The van der Waals surface area contributed by atoms with E-state index in [9.17, 15) is 23.4 Å². The van der Waals surface area contributed by atoms with E-state index < -0.39 is 22.1 Å². The number of anilines is 1. The summed E-state index contributed by atoms with van der Waals surface area (Å²) in [7, 11) is -3.55. The van der Waals surface area contributed by atoms with E-state index in [0.717, 1.165) is 31.9 Å². The SMILES string of the molecule is CS(=O)(=O)Nc1cc(OCC(O)CNC2CCC(c3ccc(OCC(=O)O)cc3)CC2)ccc1O. The van der Waals surface area contributed by atoms with Crippen molar-refractivity contribution < 1.29 is 38.0 Å². The number of ether oxygens (including phenoxy) is 2. The molecule has 35 heavy (non-hydrogen) atoms. The van der Waals surface area contributed by atoms with Gasteiger partial charge in [0.1, 0.15) is 30.0 Å². The fraction of sp³-hybridized carbons (Fsp3) is 0.458. The molecule has 1 aliphatic carbocycles. The van der Waals surface area contributed by atoms with Gasteiger partial charge in [0.2, 0.25) is 10.0 Å². The van der Waals surface area contributed by atoms with Crippen molar-refractivity contribution in [2.45, 2.75) is 43.7 Å². The van der Waals surface area contributed by atoms with Gasteiger partial charge in [-0.1, -0.05) is 12.1 Å². The molecule has 10 nitrogen and oxygen atoms in total. The van der Waals surface area contributed by atoms with Crippen molar-refractivity contribution in [3.05, 3.63) is 48.0 Å². The predicted octanol–water partition coefficient (Wildman–Crippen LogP) is 2.28. The molecule has 1 atom stereocenters. The lowest BCUT2D eigenvalue weighted by Crippen LogP contribution is -2.39. The first-order valence-electron chi connectivity index (χ1n) is 11.4. The van der Waals surface area contributed by atoms with E-state index in [1.807, 2.05) is 12.1 Å². The number of carboxylic acids is 1. The number of nitrogens with one attached hydrogen (secondary N) is 2. The maximum Gasteiger partial charge on any atom is 0.341 e. The van der Waals surface area contributed by atoms with Crippen molar-refractivity contribution in [2.24, 2.45) is 0 Å². The van der Waals surface area contributed by atoms with Gasteiger partial charge in [-0.15, -0.1) is 0 Å². The molecule has 3 rings (SSSR count). The number of carbonyl (C=O) groups is 1.